The van der Waals surface area contributed by atoms with Gasteiger partial charge in [0.1, 0.15) is 30.5 Å². The van der Waals surface area contributed by atoms with Crippen molar-refractivity contribution in [2.45, 2.75) is 62.2 Å². The maximum absolute atomic E-state index is 10.7. The Morgan fingerprint density at radius 3 is 1.79 bits per heavy atom. The van der Waals surface area contributed by atoms with Gasteiger partial charge in [0.15, 0.2) is 6.29 Å². The standard InChI is InChI=1S/C19H32O9/c20-16(19(27-9-14-6-24-14)28-10-15-7-25-15)3-18(26-8-13-5-23-13)17(21)11-22-4-12-1-2-12/h12-21H,1-11H2. The first-order chi connectivity index (χ1) is 13.7. The summed E-state index contributed by atoms with van der Waals surface area (Å²) in [5.41, 5.74) is 0. The predicted molar refractivity (Wildman–Crippen MR) is 94.8 cm³/mol. The monoisotopic (exact) mass is 404 g/mol. The van der Waals surface area contributed by atoms with E-state index in [1.54, 1.807) is 0 Å². The first kappa shape index (κ1) is 20.9. The minimum atomic E-state index is -0.958. The molecule has 0 spiro atoms. The molecule has 3 saturated heterocycles. The maximum Gasteiger partial charge on any atom is 0.183 e. The van der Waals surface area contributed by atoms with Crippen LogP contribution in [-0.4, -0.2) is 106 Å². The summed E-state index contributed by atoms with van der Waals surface area (Å²) in [6.45, 7) is 3.95. The molecule has 6 unspecified atom stereocenters. The molecule has 0 aromatic carbocycles. The molecule has 0 aromatic heterocycles. The number of aliphatic hydroxyl groups is 2. The minimum Gasteiger partial charge on any atom is -0.388 e. The third-order valence-corrected chi connectivity index (χ3v) is 5.15. The van der Waals surface area contributed by atoms with Crippen molar-refractivity contribution in [1.82, 2.24) is 0 Å². The van der Waals surface area contributed by atoms with Crippen molar-refractivity contribution < 1.29 is 43.4 Å². The molecule has 1 saturated carbocycles. The van der Waals surface area contributed by atoms with Crippen LogP contribution in [0.1, 0.15) is 19.3 Å². The van der Waals surface area contributed by atoms with Crippen LogP contribution in [-0.2, 0) is 33.2 Å². The van der Waals surface area contributed by atoms with Crippen molar-refractivity contribution >= 4 is 0 Å². The quantitative estimate of drug-likeness (QED) is 0.244. The van der Waals surface area contributed by atoms with Gasteiger partial charge in [0.05, 0.1) is 52.4 Å². The zero-order chi connectivity index (χ0) is 19.3. The van der Waals surface area contributed by atoms with E-state index in [1.165, 1.54) is 12.8 Å². The molecule has 0 aromatic rings. The lowest BCUT2D eigenvalue weighted by atomic mass is 10.1. The highest BCUT2D eigenvalue weighted by atomic mass is 16.7. The van der Waals surface area contributed by atoms with E-state index in [0.717, 1.165) is 0 Å². The van der Waals surface area contributed by atoms with E-state index >= 15 is 0 Å². The molecule has 2 N–H and O–H groups in total. The first-order valence-corrected chi connectivity index (χ1v) is 10.3. The Balaban J connectivity index is 1.25. The summed E-state index contributed by atoms with van der Waals surface area (Å²) in [7, 11) is 0. The highest BCUT2D eigenvalue weighted by molar-refractivity contribution is 4.80. The fraction of sp³-hybridized carbons (Fsp3) is 1.00. The van der Waals surface area contributed by atoms with E-state index in [9.17, 15) is 10.2 Å². The Hall–Kier alpha value is -0.360. The van der Waals surface area contributed by atoms with Gasteiger partial charge in [-0.15, -0.1) is 0 Å². The summed E-state index contributed by atoms with van der Waals surface area (Å²) >= 11 is 0. The normalized spacial score (nSPS) is 32.6. The second-order valence-electron chi connectivity index (χ2n) is 8.12. The molecule has 9 nitrogen and oxygen atoms in total. The topological polar surface area (TPSA) is 115 Å². The van der Waals surface area contributed by atoms with E-state index in [1.807, 2.05) is 0 Å². The molecule has 0 amide bonds. The number of rotatable bonds is 17. The van der Waals surface area contributed by atoms with Crippen LogP contribution in [0.2, 0.25) is 0 Å². The summed E-state index contributed by atoms with van der Waals surface area (Å²) in [6, 6.07) is 0. The number of hydrogen-bond acceptors (Lipinski definition) is 9. The molecular formula is C19H32O9. The van der Waals surface area contributed by atoms with Crippen LogP contribution in [0.5, 0.6) is 0 Å². The van der Waals surface area contributed by atoms with Crippen LogP contribution in [0.15, 0.2) is 0 Å². The van der Waals surface area contributed by atoms with Gasteiger partial charge < -0.3 is 43.4 Å². The van der Waals surface area contributed by atoms with Crippen molar-refractivity contribution in [2.24, 2.45) is 5.92 Å². The SMILES string of the molecule is OC(COCC1CC1)C(CC(O)C(OCC1CO1)OCC1CO1)OCC1CO1. The molecule has 3 heterocycles. The van der Waals surface area contributed by atoms with Gasteiger partial charge in [-0.1, -0.05) is 0 Å². The average Bonchev–Trinajstić information content (AvgIpc) is 3.53. The number of epoxide rings is 3. The van der Waals surface area contributed by atoms with Crippen LogP contribution in [0.3, 0.4) is 0 Å². The van der Waals surface area contributed by atoms with E-state index < -0.39 is 24.6 Å². The zero-order valence-corrected chi connectivity index (χ0v) is 16.1. The van der Waals surface area contributed by atoms with Crippen molar-refractivity contribution in [2.75, 3.05) is 52.9 Å². The van der Waals surface area contributed by atoms with Crippen LogP contribution in [0, 0.1) is 5.92 Å². The fourth-order valence-electron chi connectivity index (χ4n) is 2.83. The molecule has 162 valence electrons. The summed E-state index contributed by atoms with van der Waals surface area (Å²) in [4.78, 5) is 0. The predicted octanol–water partition coefficient (Wildman–Crippen LogP) is -0.534. The van der Waals surface area contributed by atoms with Gasteiger partial charge in [-0.3, -0.25) is 0 Å². The second kappa shape index (κ2) is 10.1. The Morgan fingerprint density at radius 2 is 1.29 bits per heavy atom. The van der Waals surface area contributed by atoms with Crippen molar-refractivity contribution in [3.8, 4) is 0 Å². The van der Waals surface area contributed by atoms with Crippen molar-refractivity contribution in [3.05, 3.63) is 0 Å². The lowest BCUT2D eigenvalue weighted by Crippen LogP contribution is -2.42. The Morgan fingerprint density at radius 1 is 0.750 bits per heavy atom. The maximum atomic E-state index is 10.7. The van der Waals surface area contributed by atoms with E-state index in [-0.39, 0.29) is 31.3 Å². The zero-order valence-electron chi connectivity index (χ0n) is 16.1. The van der Waals surface area contributed by atoms with Gasteiger partial charge in [-0.2, -0.15) is 0 Å². The molecule has 6 atom stereocenters. The van der Waals surface area contributed by atoms with E-state index in [2.05, 4.69) is 0 Å². The van der Waals surface area contributed by atoms with Gasteiger partial charge in [-0.05, 0) is 18.8 Å². The number of ether oxygens (including phenoxy) is 7. The third-order valence-electron chi connectivity index (χ3n) is 5.15. The van der Waals surface area contributed by atoms with Gasteiger partial charge in [0, 0.05) is 13.0 Å². The first-order valence-electron chi connectivity index (χ1n) is 10.3. The van der Waals surface area contributed by atoms with Crippen LogP contribution in [0.25, 0.3) is 0 Å². The lowest BCUT2D eigenvalue weighted by Gasteiger charge is -2.29. The van der Waals surface area contributed by atoms with Gasteiger partial charge in [0.2, 0.25) is 0 Å². The Kier molecular flexibility index (Phi) is 7.54. The van der Waals surface area contributed by atoms with E-state index in [0.29, 0.717) is 52.2 Å². The highest BCUT2D eigenvalue weighted by Crippen LogP contribution is 2.29. The molecule has 9 heteroatoms. The largest absolute Gasteiger partial charge is 0.388 e. The summed E-state index contributed by atoms with van der Waals surface area (Å²) in [5.74, 6) is 0.623. The summed E-state index contributed by atoms with van der Waals surface area (Å²) < 4.78 is 38.3. The molecule has 3 aliphatic heterocycles. The molecule has 4 rings (SSSR count). The molecule has 4 fully saturated rings. The molecule has 1 aliphatic carbocycles. The van der Waals surface area contributed by atoms with Crippen LogP contribution >= 0.6 is 0 Å². The fourth-order valence-corrected chi connectivity index (χ4v) is 2.83. The molecule has 0 bridgehead atoms. The third kappa shape index (κ3) is 7.81. The highest BCUT2D eigenvalue weighted by Gasteiger charge is 2.35. The summed E-state index contributed by atoms with van der Waals surface area (Å²) in [6.07, 6.45) is -0.458. The molecule has 4 aliphatic rings. The van der Waals surface area contributed by atoms with Gasteiger partial charge in [0.25, 0.3) is 0 Å². The number of hydrogen-bond donors (Lipinski definition) is 2. The molecular weight excluding hydrogens is 372 g/mol. The summed E-state index contributed by atoms with van der Waals surface area (Å²) in [5, 5.41) is 21.2. The Labute approximate surface area is 165 Å². The average molecular weight is 404 g/mol. The smallest absolute Gasteiger partial charge is 0.183 e. The van der Waals surface area contributed by atoms with Gasteiger partial charge in [-0.25, -0.2) is 0 Å². The van der Waals surface area contributed by atoms with Crippen molar-refractivity contribution in [3.63, 3.8) is 0 Å². The van der Waals surface area contributed by atoms with Crippen LogP contribution in [0.4, 0.5) is 0 Å². The number of aliphatic hydroxyl groups excluding tert-OH is 2. The molecule has 28 heavy (non-hydrogen) atoms. The minimum absolute atomic E-state index is 0.0657. The van der Waals surface area contributed by atoms with Crippen LogP contribution < -0.4 is 0 Å². The van der Waals surface area contributed by atoms with Gasteiger partial charge >= 0.3 is 0 Å². The Bertz CT molecular complexity index is 446. The lowest BCUT2D eigenvalue weighted by molar-refractivity contribution is -0.208. The van der Waals surface area contributed by atoms with Crippen molar-refractivity contribution in [1.29, 1.82) is 0 Å². The second-order valence-corrected chi connectivity index (χ2v) is 8.12. The molecule has 0 radical (unpaired) electrons. The van der Waals surface area contributed by atoms with E-state index in [4.69, 9.17) is 33.2 Å².